The van der Waals surface area contributed by atoms with Crippen LogP contribution >= 0.6 is 0 Å². The van der Waals surface area contributed by atoms with Gasteiger partial charge in [-0.2, -0.15) is 5.26 Å². The van der Waals surface area contributed by atoms with Crippen LogP contribution in [0, 0.1) is 11.3 Å². The molecule has 3 nitrogen and oxygen atoms in total. The van der Waals surface area contributed by atoms with E-state index >= 15 is 0 Å². The molecule has 0 atom stereocenters. The molecule has 0 amide bonds. The van der Waals surface area contributed by atoms with Crippen molar-refractivity contribution in [2.24, 2.45) is 0 Å². The van der Waals surface area contributed by atoms with E-state index in [0.717, 1.165) is 12.1 Å². The average Bonchev–Trinajstić information content (AvgIpc) is 2.46. The lowest BCUT2D eigenvalue weighted by atomic mass is 10.1. The third-order valence-electron chi connectivity index (χ3n) is 3.20. The molecule has 2 aromatic rings. The lowest BCUT2D eigenvalue weighted by Gasteiger charge is -2.12. The van der Waals surface area contributed by atoms with Crippen LogP contribution in [0.4, 0.5) is 11.4 Å². The summed E-state index contributed by atoms with van der Waals surface area (Å²) in [7, 11) is 0. The molecule has 0 unspecified atom stereocenters. The van der Waals surface area contributed by atoms with E-state index in [2.05, 4.69) is 30.4 Å². The van der Waals surface area contributed by atoms with Crippen LogP contribution in [0.25, 0.3) is 0 Å². The molecule has 19 heavy (non-hydrogen) atoms. The molecule has 0 saturated carbocycles. The summed E-state index contributed by atoms with van der Waals surface area (Å²) < 4.78 is 0. The Bertz CT molecular complexity index is 612. The van der Waals surface area contributed by atoms with Crippen LogP contribution in [-0.4, -0.2) is 0 Å². The molecule has 0 radical (unpaired) electrons. The van der Waals surface area contributed by atoms with Gasteiger partial charge in [-0.3, -0.25) is 0 Å². The maximum absolute atomic E-state index is 8.95. The summed E-state index contributed by atoms with van der Waals surface area (Å²) in [6.45, 7) is 2.85. The fraction of sp³-hybridized carbons (Fsp3) is 0.188. The molecule has 3 N–H and O–H groups in total. The summed E-state index contributed by atoms with van der Waals surface area (Å²) in [5, 5.41) is 12.3. The number of hydrogen-bond acceptors (Lipinski definition) is 3. The van der Waals surface area contributed by atoms with Crippen molar-refractivity contribution in [3.63, 3.8) is 0 Å². The Morgan fingerprint density at radius 3 is 2.53 bits per heavy atom. The fourth-order valence-corrected chi connectivity index (χ4v) is 2.08. The molecule has 0 heterocycles. The molecule has 2 aromatic carbocycles. The van der Waals surface area contributed by atoms with Crippen LogP contribution in [0.2, 0.25) is 0 Å². The number of benzene rings is 2. The van der Waals surface area contributed by atoms with Gasteiger partial charge in [0.25, 0.3) is 0 Å². The van der Waals surface area contributed by atoms with Crippen molar-refractivity contribution in [3.05, 3.63) is 59.2 Å². The van der Waals surface area contributed by atoms with Crippen molar-refractivity contribution < 1.29 is 0 Å². The Balaban J connectivity index is 2.17. The number of para-hydroxylation sites is 1. The zero-order valence-electron chi connectivity index (χ0n) is 11.0. The molecular weight excluding hydrogens is 234 g/mol. The lowest BCUT2D eigenvalue weighted by molar-refractivity contribution is 1.04. The molecule has 0 aromatic heterocycles. The van der Waals surface area contributed by atoms with Gasteiger partial charge in [-0.05, 0) is 29.7 Å². The Hall–Kier alpha value is -2.47. The number of nitrogen functional groups attached to an aromatic ring is 1. The van der Waals surface area contributed by atoms with Gasteiger partial charge in [0.15, 0.2) is 0 Å². The third-order valence-corrected chi connectivity index (χ3v) is 3.20. The van der Waals surface area contributed by atoms with E-state index in [1.54, 1.807) is 6.07 Å². The van der Waals surface area contributed by atoms with Crippen molar-refractivity contribution in [2.75, 3.05) is 11.1 Å². The second-order valence-electron chi connectivity index (χ2n) is 4.35. The molecule has 0 spiro atoms. The predicted molar refractivity (Wildman–Crippen MR) is 78.7 cm³/mol. The summed E-state index contributed by atoms with van der Waals surface area (Å²) in [5.41, 5.74) is 10.4. The van der Waals surface area contributed by atoms with Gasteiger partial charge >= 0.3 is 0 Å². The van der Waals surface area contributed by atoms with Crippen molar-refractivity contribution in [1.29, 1.82) is 5.26 Å². The van der Waals surface area contributed by atoms with E-state index in [1.165, 1.54) is 11.1 Å². The van der Waals surface area contributed by atoms with Gasteiger partial charge in [-0.1, -0.05) is 37.3 Å². The summed E-state index contributed by atoms with van der Waals surface area (Å²) >= 11 is 0. The quantitative estimate of drug-likeness (QED) is 0.819. The minimum Gasteiger partial charge on any atom is -0.396 e. The van der Waals surface area contributed by atoms with Crippen LogP contribution in [0.5, 0.6) is 0 Å². The van der Waals surface area contributed by atoms with Gasteiger partial charge in [0.2, 0.25) is 0 Å². The molecule has 3 heteroatoms. The van der Waals surface area contributed by atoms with Gasteiger partial charge in [0.1, 0.15) is 6.07 Å². The van der Waals surface area contributed by atoms with E-state index in [1.807, 2.05) is 24.3 Å². The third kappa shape index (κ3) is 2.86. The molecule has 0 aliphatic heterocycles. The highest BCUT2D eigenvalue weighted by Crippen LogP contribution is 2.23. The number of rotatable bonds is 4. The average molecular weight is 251 g/mol. The van der Waals surface area contributed by atoms with Crippen molar-refractivity contribution in [1.82, 2.24) is 0 Å². The number of hydrogen-bond donors (Lipinski definition) is 2. The minimum absolute atomic E-state index is 0.508. The second-order valence-corrected chi connectivity index (χ2v) is 4.35. The topological polar surface area (TPSA) is 61.8 Å². The van der Waals surface area contributed by atoms with Crippen LogP contribution in [0.15, 0.2) is 42.5 Å². The van der Waals surface area contributed by atoms with E-state index in [-0.39, 0.29) is 0 Å². The molecule has 96 valence electrons. The lowest BCUT2D eigenvalue weighted by Crippen LogP contribution is -2.05. The van der Waals surface area contributed by atoms with Crippen LogP contribution in [-0.2, 0) is 13.0 Å². The van der Waals surface area contributed by atoms with Gasteiger partial charge < -0.3 is 11.1 Å². The summed E-state index contributed by atoms with van der Waals surface area (Å²) in [6.07, 6.45) is 1.01. The molecule has 0 fully saturated rings. The molecule has 2 rings (SSSR count). The van der Waals surface area contributed by atoms with Gasteiger partial charge in [-0.25, -0.2) is 0 Å². The van der Waals surface area contributed by atoms with Crippen LogP contribution < -0.4 is 11.1 Å². The first-order valence-corrected chi connectivity index (χ1v) is 6.35. The van der Waals surface area contributed by atoms with Crippen LogP contribution in [0.3, 0.4) is 0 Å². The van der Waals surface area contributed by atoms with E-state index in [0.29, 0.717) is 17.8 Å². The van der Waals surface area contributed by atoms with Crippen molar-refractivity contribution in [3.8, 4) is 6.07 Å². The summed E-state index contributed by atoms with van der Waals surface area (Å²) in [5.74, 6) is 0. The van der Waals surface area contributed by atoms with Gasteiger partial charge in [0, 0.05) is 6.54 Å². The number of aryl methyl sites for hydroxylation is 1. The molecule has 0 aliphatic carbocycles. The zero-order chi connectivity index (χ0) is 13.7. The van der Waals surface area contributed by atoms with Gasteiger partial charge in [0.05, 0.1) is 16.9 Å². The minimum atomic E-state index is 0.508. The first kappa shape index (κ1) is 13.0. The number of nitriles is 1. The van der Waals surface area contributed by atoms with E-state index < -0.39 is 0 Å². The summed E-state index contributed by atoms with van der Waals surface area (Å²) in [4.78, 5) is 0. The number of anilines is 2. The number of nitrogens with one attached hydrogen (secondary N) is 1. The molecular formula is C16H17N3. The van der Waals surface area contributed by atoms with Crippen molar-refractivity contribution >= 4 is 11.4 Å². The van der Waals surface area contributed by atoms with E-state index in [9.17, 15) is 0 Å². The van der Waals surface area contributed by atoms with E-state index in [4.69, 9.17) is 11.0 Å². The predicted octanol–water partition coefficient (Wildman–Crippen LogP) is 3.31. The Morgan fingerprint density at radius 1 is 1.11 bits per heavy atom. The fourth-order valence-electron chi connectivity index (χ4n) is 2.08. The summed E-state index contributed by atoms with van der Waals surface area (Å²) in [6, 6.07) is 15.9. The maximum Gasteiger partial charge on any atom is 0.101 e. The number of nitrogens with two attached hydrogens (primary N) is 1. The normalized spacial score (nSPS) is 9.89. The molecule has 0 saturated heterocycles. The highest BCUT2D eigenvalue weighted by molar-refractivity contribution is 5.72. The Kier molecular flexibility index (Phi) is 4.04. The first-order valence-electron chi connectivity index (χ1n) is 6.35. The smallest absolute Gasteiger partial charge is 0.101 e. The Labute approximate surface area is 113 Å². The standard InChI is InChI=1S/C16H17N3/c1-2-12-6-3-4-7-14(12)11-19-15-9-5-8-13(10-17)16(15)18/h3-9,19H,2,11,18H2,1H3. The Morgan fingerprint density at radius 2 is 1.84 bits per heavy atom. The first-order chi connectivity index (χ1) is 9.26. The van der Waals surface area contributed by atoms with Gasteiger partial charge in [-0.15, -0.1) is 0 Å². The molecule has 0 bridgehead atoms. The second kappa shape index (κ2) is 5.92. The van der Waals surface area contributed by atoms with Crippen LogP contribution in [0.1, 0.15) is 23.6 Å². The number of nitrogens with zero attached hydrogens (tertiary/aromatic N) is 1. The largest absolute Gasteiger partial charge is 0.396 e. The highest BCUT2D eigenvalue weighted by atomic mass is 14.9. The highest BCUT2D eigenvalue weighted by Gasteiger charge is 2.05. The maximum atomic E-state index is 8.95. The SMILES string of the molecule is CCc1ccccc1CNc1cccc(C#N)c1N. The van der Waals surface area contributed by atoms with Crippen molar-refractivity contribution in [2.45, 2.75) is 19.9 Å². The monoisotopic (exact) mass is 251 g/mol. The molecule has 0 aliphatic rings. The zero-order valence-corrected chi connectivity index (χ0v) is 11.0.